The van der Waals surface area contributed by atoms with Gasteiger partial charge in [0, 0.05) is 16.5 Å². The topological polar surface area (TPSA) is 56.6 Å². The molecule has 0 aliphatic rings. The van der Waals surface area contributed by atoms with Gasteiger partial charge in [-0.2, -0.15) is 5.26 Å². The van der Waals surface area contributed by atoms with E-state index in [2.05, 4.69) is 4.98 Å². The van der Waals surface area contributed by atoms with E-state index < -0.39 is 5.56 Å². The van der Waals surface area contributed by atoms with Gasteiger partial charge in [-0.1, -0.05) is 30.3 Å². The van der Waals surface area contributed by atoms with Crippen LogP contribution >= 0.6 is 0 Å². The molecule has 0 saturated heterocycles. The Morgan fingerprint density at radius 3 is 2.45 bits per heavy atom. The maximum absolute atomic E-state index is 13.0. The van der Waals surface area contributed by atoms with Crippen molar-refractivity contribution in [2.75, 3.05) is 0 Å². The lowest BCUT2D eigenvalue weighted by molar-refractivity contribution is 0.628. The molecule has 0 bridgehead atoms. The highest BCUT2D eigenvalue weighted by Crippen LogP contribution is 2.29. The number of pyridine rings is 1. The number of rotatable bonds is 1. The highest BCUT2D eigenvalue weighted by Gasteiger charge is 2.13. The summed E-state index contributed by atoms with van der Waals surface area (Å²) in [5, 5.41) is 9.99. The minimum absolute atomic E-state index is 0.0373. The summed E-state index contributed by atoms with van der Waals surface area (Å²) >= 11 is 0. The number of benzene rings is 2. The van der Waals surface area contributed by atoms with Crippen molar-refractivity contribution in [2.45, 2.75) is 0 Å². The summed E-state index contributed by atoms with van der Waals surface area (Å²) in [6.07, 6.45) is 0. The first kappa shape index (κ1) is 12.1. The zero-order valence-corrected chi connectivity index (χ0v) is 10.4. The van der Waals surface area contributed by atoms with Gasteiger partial charge < -0.3 is 4.98 Å². The first-order valence-corrected chi connectivity index (χ1v) is 6.02. The van der Waals surface area contributed by atoms with Crippen LogP contribution in [0, 0.1) is 17.1 Å². The molecule has 0 aliphatic heterocycles. The average Bonchev–Trinajstić information content (AvgIpc) is 2.47. The number of nitriles is 1. The van der Waals surface area contributed by atoms with E-state index in [1.54, 1.807) is 24.3 Å². The van der Waals surface area contributed by atoms with Gasteiger partial charge in [-0.3, -0.25) is 4.79 Å². The van der Waals surface area contributed by atoms with Gasteiger partial charge in [-0.15, -0.1) is 0 Å². The summed E-state index contributed by atoms with van der Waals surface area (Å²) in [6.45, 7) is 0. The summed E-state index contributed by atoms with van der Waals surface area (Å²) in [6, 6.07) is 14.9. The molecule has 20 heavy (non-hydrogen) atoms. The van der Waals surface area contributed by atoms with Gasteiger partial charge in [0.25, 0.3) is 5.56 Å². The van der Waals surface area contributed by atoms with Crippen LogP contribution in [0.4, 0.5) is 4.39 Å². The molecule has 0 spiro atoms. The summed E-state index contributed by atoms with van der Waals surface area (Å²) in [4.78, 5) is 14.7. The van der Waals surface area contributed by atoms with E-state index in [0.29, 0.717) is 16.6 Å². The predicted molar refractivity (Wildman–Crippen MR) is 74.7 cm³/mol. The van der Waals surface area contributed by atoms with E-state index in [9.17, 15) is 14.4 Å². The average molecular weight is 264 g/mol. The molecule has 0 aliphatic carbocycles. The fourth-order valence-corrected chi connectivity index (χ4v) is 2.27. The number of nitrogens with one attached hydrogen (secondary N) is 1. The third-order valence-corrected chi connectivity index (χ3v) is 3.17. The van der Waals surface area contributed by atoms with E-state index in [4.69, 9.17) is 0 Å². The number of H-pyrrole nitrogens is 1. The first-order valence-electron chi connectivity index (χ1n) is 6.02. The minimum atomic E-state index is -0.439. The molecule has 2 aromatic carbocycles. The Labute approximate surface area is 113 Å². The van der Waals surface area contributed by atoms with E-state index in [1.807, 2.05) is 18.2 Å². The van der Waals surface area contributed by atoms with E-state index >= 15 is 0 Å². The molecule has 3 rings (SSSR count). The number of halogens is 1. The largest absolute Gasteiger partial charge is 0.321 e. The third-order valence-electron chi connectivity index (χ3n) is 3.17. The summed E-state index contributed by atoms with van der Waals surface area (Å²) in [7, 11) is 0. The molecule has 4 heteroatoms. The molecular formula is C16H9FN2O. The monoisotopic (exact) mass is 264 g/mol. The molecular weight excluding hydrogens is 255 g/mol. The van der Waals surface area contributed by atoms with Crippen LogP contribution in [0.15, 0.2) is 53.3 Å². The van der Waals surface area contributed by atoms with Gasteiger partial charge in [0.2, 0.25) is 0 Å². The molecule has 0 amide bonds. The molecule has 0 fully saturated rings. The Balaban J connectivity index is 2.46. The fraction of sp³-hybridized carbons (Fsp3) is 0. The van der Waals surface area contributed by atoms with Crippen molar-refractivity contribution in [2.24, 2.45) is 0 Å². The van der Waals surface area contributed by atoms with Crippen LogP contribution in [0.3, 0.4) is 0 Å². The van der Waals surface area contributed by atoms with Gasteiger partial charge in [0.15, 0.2) is 0 Å². The van der Waals surface area contributed by atoms with Crippen LogP contribution < -0.4 is 5.56 Å². The number of hydrogen-bond donors (Lipinski definition) is 1. The van der Waals surface area contributed by atoms with Crippen molar-refractivity contribution < 1.29 is 4.39 Å². The maximum Gasteiger partial charge on any atom is 0.266 e. The predicted octanol–water partition coefficient (Wildman–Crippen LogP) is 3.21. The first-order chi connectivity index (χ1) is 9.70. The lowest BCUT2D eigenvalue weighted by Gasteiger charge is -2.08. The van der Waals surface area contributed by atoms with Crippen LogP contribution in [0.1, 0.15) is 5.56 Å². The second kappa shape index (κ2) is 4.63. The zero-order chi connectivity index (χ0) is 14.1. The molecule has 1 N–H and O–H groups in total. The standard InChI is InChI=1S/C16H9FN2O/c17-11-7-5-10(6-8-11)15-12-3-1-2-4-14(12)19-16(20)13(15)9-18/h1-8H,(H,19,20). The SMILES string of the molecule is N#Cc1c(-c2ccc(F)cc2)c2ccccc2[nH]c1=O. The van der Waals surface area contributed by atoms with Crippen LogP contribution in [-0.4, -0.2) is 4.98 Å². The van der Waals surface area contributed by atoms with Crippen LogP contribution in [0.5, 0.6) is 0 Å². The highest BCUT2D eigenvalue weighted by molar-refractivity contribution is 5.96. The Bertz CT molecular complexity index is 889. The highest BCUT2D eigenvalue weighted by atomic mass is 19.1. The Morgan fingerprint density at radius 2 is 1.75 bits per heavy atom. The molecule has 0 radical (unpaired) electrons. The summed E-state index contributed by atoms with van der Waals surface area (Å²) in [5.41, 5.74) is 1.42. The van der Waals surface area contributed by atoms with Crippen molar-refractivity contribution in [1.29, 1.82) is 5.26 Å². The normalized spacial score (nSPS) is 10.4. The lowest BCUT2D eigenvalue weighted by atomic mass is 9.97. The molecule has 3 nitrogen and oxygen atoms in total. The molecule has 96 valence electrons. The number of aromatic nitrogens is 1. The van der Waals surface area contributed by atoms with Gasteiger partial charge in [-0.05, 0) is 23.8 Å². The van der Waals surface area contributed by atoms with Crippen molar-refractivity contribution in [3.05, 3.63) is 70.3 Å². The molecule has 0 saturated carbocycles. The van der Waals surface area contributed by atoms with Crippen molar-refractivity contribution in [3.8, 4) is 17.2 Å². The molecule has 1 heterocycles. The number of nitrogens with zero attached hydrogens (tertiary/aromatic N) is 1. The maximum atomic E-state index is 13.0. The van der Waals surface area contributed by atoms with E-state index in [1.165, 1.54) is 12.1 Å². The van der Waals surface area contributed by atoms with Crippen LogP contribution in [0.2, 0.25) is 0 Å². The van der Waals surface area contributed by atoms with Gasteiger partial charge in [0.05, 0.1) is 0 Å². The van der Waals surface area contributed by atoms with Crippen LogP contribution in [-0.2, 0) is 0 Å². The number of para-hydroxylation sites is 1. The van der Waals surface area contributed by atoms with Gasteiger partial charge >= 0.3 is 0 Å². The fourth-order valence-electron chi connectivity index (χ4n) is 2.27. The number of fused-ring (bicyclic) bond motifs is 1. The minimum Gasteiger partial charge on any atom is -0.321 e. The third kappa shape index (κ3) is 1.86. The quantitative estimate of drug-likeness (QED) is 0.733. The van der Waals surface area contributed by atoms with Crippen molar-refractivity contribution in [3.63, 3.8) is 0 Å². The van der Waals surface area contributed by atoms with Crippen LogP contribution in [0.25, 0.3) is 22.0 Å². The number of aromatic amines is 1. The summed E-state index contributed by atoms with van der Waals surface area (Å²) < 4.78 is 13.0. The van der Waals surface area contributed by atoms with Gasteiger partial charge in [-0.25, -0.2) is 4.39 Å². The van der Waals surface area contributed by atoms with Crippen molar-refractivity contribution >= 4 is 10.9 Å². The Morgan fingerprint density at radius 1 is 1.05 bits per heavy atom. The molecule has 0 unspecified atom stereocenters. The second-order valence-corrected chi connectivity index (χ2v) is 4.37. The van der Waals surface area contributed by atoms with E-state index in [-0.39, 0.29) is 11.4 Å². The molecule has 0 atom stereocenters. The second-order valence-electron chi connectivity index (χ2n) is 4.37. The molecule has 1 aromatic heterocycles. The lowest BCUT2D eigenvalue weighted by Crippen LogP contribution is -2.12. The van der Waals surface area contributed by atoms with Gasteiger partial charge in [0.1, 0.15) is 17.4 Å². The van der Waals surface area contributed by atoms with Crippen molar-refractivity contribution in [1.82, 2.24) is 4.98 Å². The number of hydrogen-bond acceptors (Lipinski definition) is 2. The van der Waals surface area contributed by atoms with E-state index in [0.717, 1.165) is 5.39 Å². The molecule has 3 aromatic rings. The Hall–Kier alpha value is -2.93. The smallest absolute Gasteiger partial charge is 0.266 e. The Kier molecular flexibility index (Phi) is 2.81. The zero-order valence-electron chi connectivity index (χ0n) is 10.4. The summed E-state index contributed by atoms with van der Waals surface area (Å²) in [5.74, 6) is -0.360.